The molecule has 0 aromatic heterocycles. The van der Waals surface area contributed by atoms with Gasteiger partial charge in [0, 0.05) is 17.1 Å². The molecule has 1 atom stereocenters. The predicted molar refractivity (Wildman–Crippen MR) is 82.1 cm³/mol. The van der Waals surface area contributed by atoms with E-state index in [-0.39, 0.29) is 18.2 Å². The van der Waals surface area contributed by atoms with Crippen molar-refractivity contribution in [1.29, 1.82) is 0 Å². The van der Waals surface area contributed by atoms with Gasteiger partial charge in [-0.1, -0.05) is 25.4 Å². The number of amides is 1. The molecule has 0 fully saturated rings. The summed E-state index contributed by atoms with van der Waals surface area (Å²) < 4.78 is 5.24. The fraction of sp³-hybridized carbons (Fsp3) is 0.533. The number of benzene rings is 1. The molecule has 0 aliphatic carbocycles. The number of halogens is 1. The van der Waals surface area contributed by atoms with E-state index in [4.69, 9.17) is 22.1 Å². The molecule has 1 aromatic carbocycles. The van der Waals surface area contributed by atoms with Crippen molar-refractivity contribution in [1.82, 2.24) is 5.32 Å². The molecule has 0 saturated carbocycles. The number of carbonyl (C=O) groups excluding carboxylic acids is 1. The number of hydrogen-bond donors (Lipinski definition) is 2. The van der Waals surface area contributed by atoms with Crippen LogP contribution in [0.2, 0.25) is 5.02 Å². The minimum Gasteiger partial charge on any atom is -0.496 e. The van der Waals surface area contributed by atoms with E-state index in [9.17, 15) is 4.79 Å². The molecule has 0 radical (unpaired) electrons. The first-order valence-corrected chi connectivity index (χ1v) is 7.03. The Morgan fingerprint density at radius 1 is 1.50 bits per heavy atom. The van der Waals surface area contributed by atoms with Crippen LogP contribution in [0.1, 0.15) is 26.3 Å². The first kappa shape index (κ1) is 16.8. The lowest BCUT2D eigenvalue weighted by atomic mass is 9.88. The van der Waals surface area contributed by atoms with Crippen molar-refractivity contribution in [2.75, 3.05) is 13.7 Å². The normalized spacial score (nSPS) is 13.9. The quantitative estimate of drug-likeness (QED) is 0.847. The molecule has 0 saturated heterocycles. The van der Waals surface area contributed by atoms with E-state index in [2.05, 4.69) is 5.32 Å². The number of ether oxygens (including phenoxy) is 1. The highest BCUT2D eigenvalue weighted by atomic mass is 35.5. The molecule has 112 valence electrons. The first-order valence-electron chi connectivity index (χ1n) is 6.66. The smallest absolute Gasteiger partial charge is 0.225 e. The third-order valence-electron chi connectivity index (χ3n) is 3.72. The van der Waals surface area contributed by atoms with Crippen molar-refractivity contribution in [2.24, 2.45) is 11.7 Å². The Morgan fingerprint density at radius 3 is 2.65 bits per heavy atom. The lowest BCUT2D eigenvalue weighted by Gasteiger charge is -2.33. The van der Waals surface area contributed by atoms with E-state index >= 15 is 0 Å². The average molecular weight is 299 g/mol. The minimum absolute atomic E-state index is 0.0905. The molecule has 4 nitrogen and oxygen atoms in total. The van der Waals surface area contributed by atoms with Gasteiger partial charge in [0.15, 0.2) is 0 Å². The summed E-state index contributed by atoms with van der Waals surface area (Å²) in [4.78, 5) is 12.2. The number of carbonyl (C=O) groups is 1. The van der Waals surface area contributed by atoms with Crippen LogP contribution in [0.5, 0.6) is 5.75 Å². The highest BCUT2D eigenvalue weighted by molar-refractivity contribution is 6.30. The molecule has 3 N–H and O–H groups in total. The van der Waals surface area contributed by atoms with E-state index < -0.39 is 5.54 Å². The Bertz CT molecular complexity index is 477. The van der Waals surface area contributed by atoms with E-state index in [1.165, 1.54) is 0 Å². The maximum atomic E-state index is 12.2. The van der Waals surface area contributed by atoms with Crippen LogP contribution in [-0.2, 0) is 11.2 Å². The molecular weight excluding hydrogens is 276 g/mol. The van der Waals surface area contributed by atoms with E-state index in [0.29, 0.717) is 17.3 Å². The summed E-state index contributed by atoms with van der Waals surface area (Å²) >= 11 is 5.96. The standard InChI is InChI=1S/C15H23ClN2O2/c1-10(2)15(3,9-17)18-14(19)8-11-7-12(16)5-6-13(11)20-4/h5-7,10H,8-9,17H2,1-4H3,(H,18,19). The first-order chi connectivity index (χ1) is 9.32. The number of nitrogens with one attached hydrogen (secondary N) is 1. The topological polar surface area (TPSA) is 64.3 Å². The van der Waals surface area contributed by atoms with Crippen LogP contribution in [0.4, 0.5) is 0 Å². The fourth-order valence-corrected chi connectivity index (χ4v) is 2.05. The van der Waals surface area contributed by atoms with Gasteiger partial charge in [0.05, 0.1) is 19.1 Å². The van der Waals surface area contributed by atoms with Gasteiger partial charge in [0.1, 0.15) is 5.75 Å². The molecule has 1 rings (SSSR count). The lowest BCUT2D eigenvalue weighted by Crippen LogP contribution is -2.55. The van der Waals surface area contributed by atoms with E-state index in [1.54, 1.807) is 25.3 Å². The molecule has 0 heterocycles. The van der Waals surface area contributed by atoms with Gasteiger partial charge in [-0.2, -0.15) is 0 Å². The van der Waals surface area contributed by atoms with Crippen molar-refractivity contribution in [3.05, 3.63) is 28.8 Å². The predicted octanol–water partition coefficient (Wildman–Crippen LogP) is 2.38. The zero-order valence-corrected chi connectivity index (χ0v) is 13.3. The molecule has 5 heteroatoms. The van der Waals surface area contributed by atoms with E-state index in [0.717, 1.165) is 5.56 Å². The van der Waals surface area contributed by atoms with Gasteiger partial charge in [-0.25, -0.2) is 0 Å². The lowest BCUT2D eigenvalue weighted by molar-refractivity contribution is -0.122. The maximum absolute atomic E-state index is 12.2. The molecule has 1 aromatic rings. The molecule has 1 amide bonds. The van der Waals surface area contributed by atoms with E-state index in [1.807, 2.05) is 20.8 Å². The largest absolute Gasteiger partial charge is 0.496 e. The number of hydrogen-bond acceptors (Lipinski definition) is 3. The Kier molecular flexibility index (Phi) is 5.84. The number of rotatable bonds is 6. The van der Waals surface area contributed by atoms with Crippen molar-refractivity contribution in [3.63, 3.8) is 0 Å². The Balaban J connectivity index is 2.83. The van der Waals surface area contributed by atoms with Gasteiger partial charge in [-0.3, -0.25) is 4.79 Å². The SMILES string of the molecule is COc1ccc(Cl)cc1CC(=O)NC(C)(CN)C(C)C. The summed E-state index contributed by atoms with van der Waals surface area (Å²) in [6, 6.07) is 5.24. The average Bonchev–Trinajstić information content (AvgIpc) is 2.38. The zero-order chi connectivity index (χ0) is 15.3. The molecule has 0 bridgehead atoms. The van der Waals surface area contributed by atoms with Crippen molar-refractivity contribution < 1.29 is 9.53 Å². The molecule has 20 heavy (non-hydrogen) atoms. The second kappa shape index (κ2) is 6.95. The summed E-state index contributed by atoms with van der Waals surface area (Å²) in [6.45, 7) is 6.41. The van der Waals surface area contributed by atoms with Crippen LogP contribution in [-0.4, -0.2) is 25.1 Å². The number of methoxy groups -OCH3 is 1. The van der Waals surface area contributed by atoms with Crippen molar-refractivity contribution in [2.45, 2.75) is 32.7 Å². The summed E-state index contributed by atoms with van der Waals surface area (Å²) in [5.74, 6) is 0.813. The fourth-order valence-electron chi connectivity index (χ4n) is 1.85. The Morgan fingerprint density at radius 2 is 2.15 bits per heavy atom. The van der Waals surface area contributed by atoms with Crippen molar-refractivity contribution >= 4 is 17.5 Å². The van der Waals surface area contributed by atoms with Crippen LogP contribution in [0, 0.1) is 5.92 Å². The van der Waals surface area contributed by atoms with Crippen LogP contribution in [0.25, 0.3) is 0 Å². The molecular formula is C15H23ClN2O2. The van der Waals surface area contributed by atoms with Crippen LogP contribution >= 0.6 is 11.6 Å². The third kappa shape index (κ3) is 4.12. The molecule has 0 spiro atoms. The summed E-state index contributed by atoms with van der Waals surface area (Å²) in [7, 11) is 1.57. The van der Waals surface area contributed by atoms with Gasteiger partial charge in [-0.05, 0) is 31.0 Å². The van der Waals surface area contributed by atoms with Crippen LogP contribution in [0.3, 0.4) is 0 Å². The molecule has 0 aliphatic rings. The monoisotopic (exact) mass is 298 g/mol. The molecule has 0 aliphatic heterocycles. The molecule has 1 unspecified atom stereocenters. The Hall–Kier alpha value is -1.26. The van der Waals surface area contributed by atoms with Gasteiger partial charge in [0.2, 0.25) is 5.91 Å². The van der Waals surface area contributed by atoms with Crippen LogP contribution in [0.15, 0.2) is 18.2 Å². The van der Waals surface area contributed by atoms with Gasteiger partial charge >= 0.3 is 0 Å². The third-order valence-corrected chi connectivity index (χ3v) is 3.95. The van der Waals surface area contributed by atoms with Gasteiger partial charge in [0.25, 0.3) is 0 Å². The second-order valence-electron chi connectivity index (χ2n) is 5.46. The summed E-state index contributed by atoms with van der Waals surface area (Å²) in [5.41, 5.74) is 6.12. The maximum Gasteiger partial charge on any atom is 0.225 e. The second-order valence-corrected chi connectivity index (χ2v) is 5.89. The van der Waals surface area contributed by atoms with Crippen LogP contribution < -0.4 is 15.8 Å². The van der Waals surface area contributed by atoms with Gasteiger partial charge in [-0.15, -0.1) is 0 Å². The minimum atomic E-state index is -0.414. The highest BCUT2D eigenvalue weighted by Crippen LogP contribution is 2.23. The number of nitrogens with two attached hydrogens (primary N) is 1. The Labute approximate surface area is 125 Å². The highest BCUT2D eigenvalue weighted by Gasteiger charge is 2.28. The summed E-state index contributed by atoms with van der Waals surface area (Å²) in [6.07, 6.45) is 0.214. The summed E-state index contributed by atoms with van der Waals surface area (Å²) in [5, 5.41) is 3.58. The van der Waals surface area contributed by atoms with Crippen molar-refractivity contribution in [3.8, 4) is 5.75 Å². The zero-order valence-electron chi connectivity index (χ0n) is 12.5. The van der Waals surface area contributed by atoms with Gasteiger partial charge < -0.3 is 15.8 Å².